The van der Waals surface area contributed by atoms with Gasteiger partial charge in [-0.15, -0.1) is 0 Å². The lowest BCUT2D eigenvalue weighted by Crippen LogP contribution is -2.29. The van der Waals surface area contributed by atoms with Gasteiger partial charge in [-0.2, -0.15) is 0 Å². The number of nitrogens with zero attached hydrogens (tertiary/aromatic N) is 2. The Labute approximate surface area is 165 Å². The second-order valence-electron chi connectivity index (χ2n) is 7.63. The number of rotatable bonds is 4. The smallest absolute Gasteiger partial charge is 0.227 e. The van der Waals surface area contributed by atoms with Gasteiger partial charge >= 0.3 is 0 Å². The summed E-state index contributed by atoms with van der Waals surface area (Å²) in [6.45, 7) is 2.81. The molecule has 27 heavy (non-hydrogen) atoms. The van der Waals surface area contributed by atoms with Crippen molar-refractivity contribution in [3.8, 4) is 0 Å². The Bertz CT molecular complexity index is 854. The summed E-state index contributed by atoms with van der Waals surface area (Å²) >= 11 is 5.91. The Morgan fingerprint density at radius 2 is 1.89 bits per heavy atom. The summed E-state index contributed by atoms with van der Waals surface area (Å²) in [4.78, 5) is 21.4. The predicted molar refractivity (Wildman–Crippen MR) is 109 cm³/mol. The number of nitrogens with one attached hydrogen (secondary N) is 1. The molecule has 5 heteroatoms. The van der Waals surface area contributed by atoms with Crippen LogP contribution in [0, 0.1) is 11.8 Å². The number of carbonyl (C=O) groups excluding carboxylic acids is 1. The van der Waals surface area contributed by atoms with E-state index in [4.69, 9.17) is 11.6 Å². The number of hydrogen-bond acceptors (Lipinski definition) is 3. The molecule has 0 saturated heterocycles. The number of halogens is 1. The van der Waals surface area contributed by atoms with Gasteiger partial charge in [-0.3, -0.25) is 14.8 Å². The number of fused-ring (bicyclic) bond motifs is 1. The standard InChI is InChI=1S/C22H24ClN3O/c1-14(22(27)26-18-8-6-17(23)7-9-18)15-2-4-16(5-3-15)19-10-11-25-21-13-24-12-20(19)21/h6-11,13-16H,2-5,12H2,1H3,(H,26,27). The zero-order chi connectivity index (χ0) is 18.8. The Morgan fingerprint density at radius 3 is 2.63 bits per heavy atom. The molecular formula is C22H24ClN3O. The molecule has 1 atom stereocenters. The second-order valence-corrected chi connectivity index (χ2v) is 8.07. The highest BCUT2D eigenvalue weighted by Crippen LogP contribution is 2.40. The largest absolute Gasteiger partial charge is 0.326 e. The van der Waals surface area contributed by atoms with E-state index >= 15 is 0 Å². The van der Waals surface area contributed by atoms with Crippen molar-refractivity contribution in [2.45, 2.75) is 45.1 Å². The van der Waals surface area contributed by atoms with Crippen molar-refractivity contribution in [1.82, 2.24) is 4.98 Å². The van der Waals surface area contributed by atoms with E-state index in [0.717, 1.165) is 43.6 Å². The van der Waals surface area contributed by atoms with Crippen LogP contribution in [0.15, 0.2) is 41.5 Å². The third kappa shape index (κ3) is 3.91. The number of carbonyl (C=O) groups is 1. The number of amides is 1. The van der Waals surface area contributed by atoms with E-state index in [0.29, 0.717) is 16.9 Å². The van der Waals surface area contributed by atoms with E-state index in [1.807, 2.05) is 31.5 Å². The first kappa shape index (κ1) is 18.2. The molecule has 1 aliphatic heterocycles. The molecular weight excluding hydrogens is 358 g/mol. The maximum atomic E-state index is 12.6. The van der Waals surface area contributed by atoms with E-state index in [1.165, 1.54) is 11.1 Å². The van der Waals surface area contributed by atoms with Crippen LogP contribution in [0.3, 0.4) is 0 Å². The maximum absolute atomic E-state index is 12.6. The molecule has 1 aliphatic carbocycles. The van der Waals surface area contributed by atoms with Gasteiger partial charge < -0.3 is 5.32 Å². The number of benzene rings is 1. The molecule has 2 aliphatic rings. The van der Waals surface area contributed by atoms with Gasteiger partial charge in [-0.25, -0.2) is 0 Å². The van der Waals surface area contributed by atoms with Gasteiger partial charge in [0.25, 0.3) is 0 Å². The monoisotopic (exact) mass is 381 g/mol. The van der Waals surface area contributed by atoms with Crippen molar-refractivity contribution < 1.29 is 4.79 Å². The van der Waals surface area contributed by atoms with E-state index in [1.54, 1.807) is 12.1 Å². The third-order valence-electron chi connectivity index (χ3n) is 6.03. The van der Waals surface area contributed by atoms with Crippen molar-refractivity contribution in [3.05, 3.63) is 58.4 Å². The average molecular weight is 382 g/mol. The molecule has 1 aromatic carbocycles. The van der Waals surface area contributed by atoms with Crippen LogP contribution in [-0.4, -0.2) is 17.1 Å². The van der Waals surface area contributed by atoms with Crippen LogP contribution < -0.4 is 5.32 Å². The lowest BCUT2D eigenvalue weighted by Gasteiger charge is -2.32. The van der Waals surface area contributed by atoms with Crippen molar-refractivity contribution in [1.29, 1.82) is 0 Å². The Morgan fingerprint density at radius 1 is 1.15 bits per heavy atom. The molecule has 1 aromatic heterocycles. The molecule has 0 spiro atoms. The van der Waals surface area contributed by atoms with Crippen molar-refractivity contribution in [3.63, 3.8) is 0 Å². The molecule has 2 heterocycles. The lowest BCUT2D eigenvalue weighted by molar-refractivity contribution is -0.121. The number of pyridine rings is 1. The molecule has 140 valence electrons. The number of anilines is 1. The molecule has 1 amide bonds. The van der Waals surface area contributed by atoms with Crippen LogP contribution in [-0.2, 0) is 11.3 Å². The van der Waals surface area contributed by atoms with E-state index in [-0.39, 0.29) is 11.8 Å². The highest BCUT2D eigenvalue weighted by Gasteiger charge is 2.31. The first-order valence-corrected chi connectivity index (χ1v) is 10.0. The number of hydrogen-bond donors (Lipinski definition) is 1. The first-order valence-electron chi connectivity index (χ1n) is 9.66. The van der Waals surface area contributed by atoms with E-state index in [2.05, 4.69) is 21.4 Å². The van der Waals surface area contributed by atoms with Crippen molar-refractivity contribution >= 4 is 29.4 Å². The van der Waals surface area contributed by atoms with Crippen LogP contribution in [0.25, 0.3) is 0 Å². The fourth-order valence-electron chi connectivity index (χ4n) is 4.35. The molecule has 1 N–H and O–H groups in total. The summed E-state index contributed by atoms with van der Waals surface area (Å²) in [5, 5.41) is 3.69. The summed E-state index contributed by atoms with van der Waals surface area (Å²) < 4.78 is 0. The van der Waals surface area contributed by atoms with Crippen LogP contribution in [0.5, 0.6) is 0 Å². The average Bonchev–Trinajstić information content (AvgIpc) is 3.18. The van der Waals surface area contributed by atoms with Gasteiger partial charge in [-0.05, 0) is 73.4 Å². The summed E-state index contributed by atoms with van der Waals surface area (Å²) in [5.74, 6) is 1.10. The minimum absolute atomic E-state index is 0.00752. The summed E-state index contributed by atoms with van der Waals surface area (Å²) in [6, 6.07) is 9.44. The summed E-state index contributed by atoms with van der Waals surface area (Å²) in [7, 11) is 0. The fraction of sp³-hybridized carbons (Fsp3) is 0.409. The summed E-state index contributed by atoms with van der Waals surface area (Å²) in [5.41, 5.74) is 4.55. The summed E-state index contributed by atoms with van der Waals surface area (Å²) in [6.07, 6.45) is 8.20. The lowest BCUT2D eigenvalue weighted by atomic mass is 9.73. The van der Waals surface area contributed by atoms with Crippen LogP contribution in [0.2, 0.25) is 5.02 Å². The minimum Gasteiger partial charge on any atom is -0.326 e. The SMILES string of the molecule is CC(C(=O)Nc1ccc(Cl)cc1)C1CCC(c2ccnc3c2CN=C3)CC1. The highest BCUT2D eigenvalue weighted by atomic mass is 35.5. The normalized spacial score (nSPS) is 22.3. The van der Waals surface area contributed by atoms with Gasteiger partial charge in [-0.1, -0.05) is 18.5 Å². The van der Waals surface area contributed by atoms with Gasteiger partial charge in [0.2, 0.25) is 5.91 Å². The Hall–Kier alpha value is -2.20. The first-order chi connectivity index (χ1) is 13.1. The van der Waals surface area contributed by atoms with E-state index < -0.39 is 0 Å². The van der Waals surface area contributed by atoms with Crippen molar-refractivity contribution in [2.24, 2.45) is 16.8 Å². The third-order valence-corrected chi connectivity index (χ3v) is 6.28. The van der Waals surface area contributed by atoms with Crippen LogP contribution >= 0.6 is 11.6 Å². The Kier molecular flexibility index (Phi) is 5.26. The molecule has 1 unspecified atom stereocenters. The molecule has 2 aromatic rings. The van der Waals surface area contributed by atoms with Crippen molar-refractivity contribution in [2.75, 3.05) is 5.32 Å². The Balaban J connectivity index is 1.35. The zero-order valence-corrected chi connectivity index (χ0v) is 16.2. The molecule has 0 bridgehead atoms. The minimum atomic E-state index is 0.00752. The second kappa shape index (κ2) is 7.81. The quantitative estimate of drug-likeness (QED) is 0.789. The highest BCUT2D eigenvalue weighted by molar-refractivity contribution is 6.30. The van der Waals surface area contributed by atoms with Crippen LogP contribution in [0.4, 0.5) is 5.69 Å². The maximum Gasteiger partial charge on any atom is 0.227 e. The molecule has 1 saturated carbocycles. The zero-order valence-electron chi connectivity index (χ0n) is 15.5. The fourth-order valence-corrected chi connectivity index (χ4v) is 4.47. The number of aliphatic imine (C=N–C) groups is 1. The molecule has 4 nitrogen and oxygen atoms in total. The van der Waals surface area contributed by atoms with Crippen LogP contribution in [0.1, 0.15) is 55.3 Å². The predicted octanol–water partition coefficient (Wildman–Crippen LogP) is 5.22. The molecule has 4 rings (SSSR count). The van der Waals surface area contributed by atoms with Gasteiger partial charge in [0.1, 0.15) is 0 Å². The molecule has 0 radical (unpaired) electrons. The van der Waals surface area contributed by atoms with E-state index in [9.17, 15) is 4.79 Å². The van der Waals surface area contributed by atoms with Gasteiger partial charge in [0.15, 0.2) is 0 Å². The number of aromatic nitrogens is 1. The molecule has 1 fully saturated rings. The van der Waals surface area contributed by atoms with Gasteiger partial charge in [0, 0.05) is 34.6 Å². The van der Waals surface area contributed by atoms with Gasteiger partial charge in [0.05, 0.1) is 12.2 Å². The topological polar surface area (TPSA) is 54.4 Å².